The van der Waals surface area contributed by atoms with Gasteiger partial charge in [-0.2, -0.15) is 23.5 Å². The fraction of sp³-hybridized carbons (Fsp3) is 1.00. The van der Waals surface area contributed by atoms with Crippen molar-refractivity contribution in [2.45, 2.75) is 79.6 Å². The summed E-state index contributed by atoms with van der Waals surface area (Å²) < 4.78 is 0. The number of thioether (sulfide) groups is 2. The quantitative estimate of drug-likeness (QED) is 0.445. The summed E-state index contributed by atoms with van der Waals surface area (Å²) in [5, 5.41) is 0. The van der Waals surface area contributed by atoms with Gasteiger partial charge in [-0.3, -0.25) is 9.80 Å². The van der Waals surface area contributed by atoms with E-state index in [1.54, 1.807) is 0 Å². The fourth-order valence-electron chi connectivity index (χ4n) is 2.89. The highest BCUT2D eigenvalue weighted by Crippen LogP contribution is 2.12. The van der Waals surface area contributed by atoms with Crippen molar-refractivity contribution < 1.29 is 0 Å². The normalized spacial score (nSPS) is 12.8. The lowest BCUT2D eigenvalue weighted by Crippen LogP contribution is -2.38. The molecule has 0 fully saturated rings. The van der Waals surface area contributed by atoms with Crippen LogP contribution in [0.1, 0.15) is 55.4 Å². The number of hydrogen-bond donors (Lipinski definition) is 0. The third-order valence-electron chi connectivity index (χ3n) is 4.01. The molecule has 22 heavy (non-hydrogen) atoms. The first kappa shape index (κ1) is 22.6. The van der Waals surface area contributed by atoms with Crippen LogP contribution in [0.5, 0.6) is 0 Å². The Morgan fingerprint density at radius 2 is 0.773 bits per heavy atom. The van der Waals surface area contributed by atoms with Crippen LogP contribution >= 0.6 is 23.5 Å². The van der Waals surface area contributed by atoms with Gasteiger partial charge in [0.05, 0.1) is 0 Å². The Hall–Kier alpha value is 0.620. The number of nitrogens with zero attached hydrogens (tertiary/aromatic N) is 2. The molecule has 0 N–H and O–H groups in total. The van der Waals surface area contributed by atoms with Gasteiger partial charge in [0.2, 0.25) is 0 Å². The van der Waals surface area contributed by atoms with E-state index in [1.165, 1.54) is 36.1 Å². The van der Waals surface area contributed by atoms with Gasteiger partial charge < -0.3 is 0 Å². The molecule has 0 aliphatic carbocycles. The maximum atomic E-state index is 2.59. The second-order valence-corrected chi connectivity index (χ2v) is 9.52. The SMILES string of the molecule is CC(C)N(CCSCCSCCN(C(C)C)C(C)C)C(C)C. The Morgan fingerprint density at radius 3 is 1.00 bits per heavy atom. The van der Waals surface area contributed by atoms with Crippen molar-refractivity contribution in [2.24, 2.45) is 0 Å². The van der Waals surface area contributed by atoms with Crippen molar-refractivity contribution >= 4 is 23.5 Å². The van der Waals surface area contributed by atoms with E-state index < -0.39 is 0 Å². The molecule has 0 saturated heterocycles. The van der Waals surface area contributed by atoms with E-state index in [1.807, 2.05) is 0 Å². The molecule has 0 bridgehead atoms. The van der Waals surface area contributed by atoms with Crippen LogP contribution in [0, 0.1) is 0 Å². The Kier molecular flexibility index (Phi) is 13.3. The molecule has 0 aromatic carbocycles. The van der Waals surface area contributed by atoms with E-state index in [9.17, 15) is 0 Å². The molecule has 0 aliphatic rings. The predicted molar refractivity (Wildman–Crippen MR) is 109 cm³/mol. The zero-order chi connectivity index (χ0) is 17.1. The van der Waals surface area contributed by atoms with Crippen LogP contribution in [0.3, 0.4) is 0 Å². The smallest absolute Gasteiger partial charge is 0.00778 e. The second-order valence-electron chi connectivity index (χ2n) is 7.08. The lowest BCUT2D eigenvalue weighted by molar-refractivity contribution is 0.187. The molecule has 4 heteroatoms. The minimum absolute atomic E-state index is 0.660. The predicted octanol–water partition coefficient (Wildman–Crippen LogP) is 4.69. The van der Waals surface area contributed by atoms with Gasteiger partial charge in [0.1, 0.15) is 0 Å². The minimum atomic E-state index is 0.660. The highest BCUT2D eigenvalue weighted by Gasteiger charge is 2.13. The summed E-state index contributed by atoms with van der Waals surface area (Å²) >= 11 is 4.22. The summed E-state index contributed by atoms with van der Waals surface area (Å²) in [5.74, 6) is 5.11. The molecule has 0 unspecified atom stereocenters. The lowest BCUT2D eigenvalue weighted by Gasteiger charge is -2.30. The van der Waals surface area contributed by atoms with Crippen LogP contribution in [-0.2, 0) is 0 Å². The van der Waals surface area contributed by atoms with Crippen molar-refractivity contribution in [2.75, 3.05) is 36.1 Å². The number of rotatable bonds is 13. The topological polar surface area (TPSA) is 6.48 Å². The van der Waals surface area contributed by atoms with Crippen molar-refractivity contribution in [3.63, 3.8) is 0 Å². The van der Waals surface area contributed by atoms with E-state index in [0.29, 0.717) is 24.2 Å². The van der Waals surface area contributed by atoms with Gasteiger partial charge >= 0.3 is 0 Å². The molecular formula is C18H40N2S2. The molecule has 0 heterocycles. The Labute approximate surface area is 149 Å². The van der Waals surface area contributed by atoms with Crippen molar-refractivity contribution in [3.05, 3.63) is 0 Å². The molecule has 0 rings (SSSR count). The van der Waals surface area contributed by atoms with E-state index >= 15 is 0 Å². The van der Waals surface area contributed by atoms with Crippen LogP contribution in [-0.4, -0.2) is 70.1 Å². The standard InChI is InChI=1S/C18H40N2S2/c1-15(2)19(16(3)4)9-11-21-13-14-22-12-10-20(17(5)6)18(7)8/h15-18H,9-14H2,1-8H3. The summed E-state index contributed by atoms with van der Waals surface area (Å²) in [6, 6.07) is 2.64. The maximum Gasteiger partial charge on any atom is 0.00778 e. The minimum Gasteiger partial charge on any atom is -0.298 e. The van der Waals surface area contributed by atoms with Gasteiger partial charge in [0.25, 0.3) is 0 Å². The molecule has 0 radical (unpaired) electrons. The van der Waals surface area contributed by atoms with E-state index in [0.717, 1.165) is 0 Å². The first-order valence-electron chi connectivity index (χ1n) is 8.94. The molecule has 2 nitrogen and oxygen atoms in total. The first-order valence-corrected chi connectivity index (χ1v) is 11.2. The maximum absolute atomic E-state index is 2.59. The average molecular weight is 349 g/mol. The molecule has 134 valence electrons. The Bertz CT molecular complexity index is 213. The van der Waals surface area contributed by atoms with E-state index in [-0.39, 0.29) is 0 Å². The van der Waals surface area contributed by atoms with Crippen molar-refractivity contribution in [1.82, 2.24) is 9.80 Å². The summed E-state index contributed by atoms with van der Waals surface area (Å²) in [6.45, 7) is 20.9. The third kappa shape index (κ3) is 10.4. The largest absolute Gasteiger partial charge is 0.298 e. The molecular weight excluding hydrogens is 308 g/mol. The first-order chi connectivity index (χ1) is 10.3. The van der Waals surface area contributed by atoms with Crippen LogP contribution < -0.4 is 0 Å². The van der Waals surface area contributed by atoms with Crippen LogP contribution in [0.15, 0.2) is 0 Å². The van der Waals surface area contributed by atoms with Gasteiger partial charge in [-0.25, -0.2) is 0 Å². The Balaban J connectivity index is 3.62. The van der Waals surface area contributed by atoms with E-state index in [4.69, 9.17) is 0 Å². The average Bonchev–Trinajstić information content (AvgIpc) is 2.38. The van der Waals surface area contributed by atoms with Gasteiger partial charge in [0.15, 0.2) is 0 Å². The number of hydrogen-bond acceptors (Lipinski definition) is 4. The third-order valence-corrected chi connectivity index (χ3v) is 6.20. The summed E-state index contributed by atoms with van der Waals surface area (Å²) in [7, 11) is 0. The summed E-state index contributed by atoms with van der Waals surface area (Å²) in [5.41, 5.74) is 0. The zero-order valence-electron chi connectivity index (χ0n) is 16.3. The van der Waals surface area contributed by atoms with Crippen LogP contribution in [0.25, 0.3) is 0 Å². The zero-order valence-corrected chi connectivity index (χ0v) is 17.9. The monoisotopic (exact) mass is 348 g/mol. The highest BCUT2D eigenvalue weighted by atomic mass is 32.2. The van der Waals surface area contributed by atoms with E-state index in [2.05, 4.69) is 88.7 Å². The summed E-state index contributed by atoms with van der Waals surface area (Å²) in [4.78, 5) is 5.17. The molecule has 0 amide bonds. The summed E-state index contributed by atoms with van der Waals surface area (Å²) in [6.07, 6.45) is 0. The molecule has 0 atom stereocenters. The second kappa shape index (κ2) is 13.0. The van der Waals surface area contributed by atoms with Crippen molar-refractivity contribution in [3.8, 4) is 0 Å². The highest BCUT2D eigenvalue weighted by molar-refractivity contribution is 8.02. The molecule has 0 saturated carbocycles. The molecule has 0 aromatic heterocycles. The van der Waals surface area contributed by atoms with Crippen LogP contribution in [0.4, 0.5) is 0 Å². The lowest BCUT2D eigenvalue weighted by atomic mass is 10.2. The molecule has 0 spiro atoms. The molecule has 0 aliphatic heterocycles. The van der Waals surface area contributed by atoms with Crippen LogP contribution in [0.2, 0.25) is 0 Å². The van der Waals surface area contributed by atoms with Gasteiger partial charge in [-0.05, 0) is 55.4 Å². The Morgan fingerprint density at radius 1 is 0.500 bits per heavy atom. The van der Waals surface area contributed by atoms with Crippen molar-refractivity contribution in [1.29, 1.82) is 0 Å². The molecule has 0 aromatic rings. The van der Waals surface area contributed by atoms with Gasteiger partial charge in [-0.15, -0.1) is 0 Å². The van der Waals surface area contributed by atoms with Gasteiger partial charge in [0, 0.05) is 60.3 Å². The fourth-order valence-corrected chi connectivity index (χ4v) is 4.92. The van der Waals surface area contributed by atoms with Gasteiger partial charge in [-0.1, -0.05) is 0 Å².